The van der Waals surface area contributed by atoms with Crippen molar-refractivity contribution < 1.29 is 13.2 Å². The lowest BCUT2D eigenvalue weighted by molar-refractivity contribution is 0.402. The predicted octanol–water partition coefficient (Wildman–Crippen LogP) is 3.69. The van der Waals surface area contributed by atoms with Crippen LogP contribution in [-0.4, -0.2) is 28.0 Å². The van der Waals surface area contributed by atoms with E-state index in [2.05, 4.69) is 33.9 Å². The molecule has 0 radical (unpaired) electrons. The quantitative estimate of drug-likeness (QED) is 0.629. The average Bonchev–Trinajstić information content (AvgIpc) is 3.08. The van der Waals surface area contributed by atoms with Crippen LogP contribution in [0.25, 0.3) is 0 Å². The largest absolute Gasteiger partial charge is 0.352 e. The van der Waals surface area contributed by atoms with Crippen molar-refractivity contribution in [2.45, 2.75) is 61.4 Å². The van der Waals surface area contributed by atoms with E-state index in [9.17, 15) is 8.42 Å². The maximum absolute atomic E-state index is 12.4. The van der Waals surface area contributed by atoms with Crippen molar-refractivity contribution in [2.75, 3.05) is 0 Å². The first-order chi connectivity index (χ1) is 9.06. The molecule has 1 aromatic rings. The third-order valence-corrected chi connectivity index (χ3v) is 12.1. The zero-order valence-electron chi connectivity index (χ0n) is 12.9. The van der Waals surface area contributed by atoms with Crippen LogP contribution >= 0.6 is 0 Å². The summed E-state index contributed by atoms with van der Waals surface area (Å²) in [5.74, 6) is 0. The van der Waals surface area contributed by atoms with Crippen LogP contribution in [-0.2, 0) is 14.6 Å². The Balaban J connectivity index is 2.10. The minimum absolute atomic E-state index is 0.124. The van der Waals surface area contributed by atoms with E-state index in [4.69, 9.17) is 4.74 Å². The number of hydrogen-bond donors (Lipinski definition) is 0. The van der Waals surface area contributed by atoms with E-state index in [1.807, 2.05) is 6.07 Å². The molecule has 20 heavy (non-hydrogen) atoms. The highest BCUT2D eigenvalue weighted by Crippen LogP contribution is 2.45. The molecule has 1 fully saturated rings. The summed E-state index contributed by atoms with van der Waals surface area (Å²) in [5.41, 5.74) is -0.640. The van der Waals surface area contributed by atoms with Crippen LogP contribution < -0.4 is 0 Å². The van der Waals surface area contributed by atoms with Gasteiger partial charge in [0.1, 0.15) is 0 Å². The minimum atomic E-state index is -3.33. The second-order valence-electron chi connectivity index (χ2n) is 7.24. The fraction of sp³-hybridized carbons (Fsp3) is 0.600. The third kappa shape index (κ3) is 2.99. The SMILES string of the molecule is CC(C)(C)[Si](C)(C)C[C@H]1O[C@H]1S(=O)(=O)c1ccccc1. The van der Waals surface area contributed by atoms with Gasteiger partial charge in [0.25, 0.3) is 0 Å². The molecule has 112 valence electrons. The summed E-state index contributed by atoms with van der Waals surface area (Å²) in [7, 11) is -4.85. The van der Waals surface area contributed by atoms with Gasteiger partial charge < -0.3 is 4.74 Å². The van der Waals surface area contributed by atoms with Gasteiger partial charge in [-0.1, -0.05) is 52.1 Å². The topological polar surface area (TPSA) is 46.7 Å². The van der Waals surface area contributed by atoms with Gasteiger partial charge in [-0.3, -0.25) is 0 Å². The van der Waals surface area contributed by atoms with E-state index < -0.39 is 23.3 Å². The molecule has 0 N–H and O–H groups in total. The van der Waals surface area contributed by atoms with Crippen molar-refractivity contribution in [1.82, 2.24) is 0 Å². The molecule has 0 aliphatic carbocycles. The first-order valence-corrected chi connectivity index (χ1v) is 11.8. The molecule has 0 saturated carbocycles. The molecule has 2 atom stereocenters. The summed E-state index contributed by atoms with van der Waals surface area (Å²) < 4.78 is 30.4. The maximum atomic E-state index is 12.4. The van der Waals surface area contributed by atoms with Crippen LogP contribution in [0.1, 0.15) is 20.8 Å². The molecule has 0 bridgehead atoms. The van der Waals surface area contributed by atoms with Crippen molar-refractivity contribution >= 4 is 17.9 Å². The van der Waals surface area contributed by atoms with Gasteiger partial charge in [0.05, 0.1) is 19.1 Å². The van der Waals surface area contributed by atoms with E-state index in [0.717, 1.165) is 6.04 Å². The van der Waals surface area contributed by atoms with E-state index in [0.29, 0.717) is 4.90 Å². The molecule has 5 heteroatoms. The molecule has 1 saturated heterocycles. The normalized spacial score (nSPS) is 23.6. The number of benzene rings is 1. The number of rotatable bonds is 4. The Hall–Kier alpha value is -0.653. The minimum Gasteiger partial charge on any atom is -0.352 e. The van der Waals surface area contributed by atoms with Crippen LogP contribution in [0.4, 0.5) is 0 Å². The average molecular weight is 313 g/mol. The molecule has 0 amide bonds. The van der Waals surface area contributed by atoms with Gasteiger partial charge in [0.15, 0.2) is 5.44 Å². The lowest BCUT2D eigenvalue weighted by atomic mass is 10.2. The van der Waals surface area contributed by atoms with Crippen molar-refractivity contribution in [3.05, 3.63) is 30.3 Å². The number of sulfone groups is 1. The Kier molecular flexibility index (Phi) is 3.90. The van der Waals surface area contributed by atoms with Crippen LogP contribution in [0.3, 0.4) is 0 Å². The number of epoxide rings is 1. The summed E-state index contributed by atoms with van der Waals surface area (Å²) in [5, 5.41) is 0.250. The molecule has 1 aliphatic heterocycles. The first-order valence-electron chi connectivity index (χ1n) is 7.00. The summed E-state index contributed by atoms with van der Waals surface area (Å²) in [6.07, 6.45) is -0.124. The lowest BCUT2D eigenvalue weighted by Gasteiger charge is -2.36. The zero-order valence-corrected chi connectivity index (χ0v) is 14.7. The Labute approximate surface area is 123 Å². The molecular weight excluding hydrogens is 288 g/mol. The second kappa shape index (κ2) is 4.96. The molecule has 1 heterocycles. The molecule has 0 spiro atoms. The lowest BCUT2D eigenvalue weighted by Crippen LogP contribution is -2.38. The predicted molar refractivity (Wildman–Crippen MR) is 84.3 cm³/mol. The van der Waals surface area contributed by atoms with Crippen LogP contribution in [0.2, 0.25) is 24.2 Å². The zero-order chi connectivity index (χ0) is 15.2. The highest BCUT2D eigenvalue weighted by atomic mass is 32.2. The van der Waals surface area contributed by atoms with Crippen LogP contribution in [0.5, 0.6) is 0 Å². The van der Waals surface area contributed by atoms with Crippen LogP contribution in [0, 0.1) is 0 Å². The third-order valence-electron chi connectivity index (χ3n) is 4.66. The van der Waals surface area contributed by atoms with Gasteiger partial charge in [0.2, 0.25) is 9.84 Å². The summed E-state index contributed by atoms with van der Waals surface area (Å²) in [6.45, 7) is 11.3. The van der Waals surface area contributed by atoms with Crippen molar-refractivity contribution in [1.29, 1.82) is 0 Å². The summed E-state index contributed by atoms with van der Waals surface area (Å²) >= 11 is 0. The van der Waals surface area contributed by atoms with Gasteiger partial charge in [-0.05, 0) is 23.2 Å². The van der Waals surface area contributed by atoms with Gasteiger partial charge in [0, 0.05) is 0 Å². The Bertz CT molecular complexity index is 573. The van der Waals surface area contributed by atoms with E-state index in [-0.39, 0.29) is 11.1 Å². The molecular formula is C15H24O3SSi. The van der Waals surface area contributed by atoms with Gasteiger partial charge in [-0.25, -0.2) is 8.42 Å². The van der Waals surface area contributed by atoms with E-state index in [1.54, 1.807) is 24.3 Å². The molecule has 0 aromatic heterocycles. The van der Waals surface area contributed by atoms with Gasteiger partial charge in [-0.2, -0.15) is 0 Å². The standard InChI is InChI=1S/C15H24O3SSi/c1-15(2,3)20(4,5)11-13-14(18-13)19(16,17)12-9-7-6-8-10-12/h6-10,13-14H,11H2,1-5H3/t13-,14+/m1/s1. The number of ether oxygens (including phenoxy) is 1. The van der Waals surface area contributed by atoms with Crippen molar-refractivity contribution in [3.63, 3.8) is 0 Å². The highest BCUT2D eigenvalue weighted by Gasteiger charge is 2.53. The maximum Gasteiger partial charge on any atom is 0.207 e. The molecule has 2 rings (SSSR count). The van der Waals surface area contributed by atoms with Gasteiger partial charge in [-0.15, -0.1) is 0 Å². The summed E-state index contributed by atoms with van der Waals surface area (Å²) in [6, 6.07) is 9.49. The summed E-state index contributed by atoms with van der Waals surface area (Å²) in [4.78, 5) is 0.364. The number of hydrogen-bond acceptors (Lipinski definition) is 3. The fourth-order valence-corrected chi connectivity index (χ4v) is 5.79. The van der Waals surface area contributed by atoms with Crippen LogP contribution in [0.15, 0.2) is 35.2 Å². The Morgan fingerprint density at radius 3 is 2.20 bits per heavy atom. The molecule has 3 nitrogen and oxygen atoms in total. The molecule has 1 aliphatic rings. The van der Waals surface area contributed by atoms with Gasteiger partial charge >= 0.3 is 0 Å². The fourth-order valence-electron chi connectivity index (χ4n) is 2.10. The molecule has 1 aromatic carbocycles. The first kappa shape index (κ1) is 15.7. The smallest absolute Gasteiger partial charge is 0.207 e. The van der Waals surface area contributed by atoms with Crippen molar-refractivity contribution in [3.8, 4) is 0 Å². The molecule has 0 unspecified atom stereocenters. The van der Waals surface area contributed by atoms with E-state index in [1.165, 1.54) is 0 Å². The monoisotopic (exact) mass is 312 g/mol. The second-order valence-corrected chi connectivity index (χ2v) is 14.9. The Morgan fingerprint density at radius 1 is 1.15 bits per heavy atom. The van der Waals surface area contributed by atoms with E-state index >= 15 is 0 Å². The van der Waals surface area contributed by atoms with Crippen molar-refractivity contribution in [2.24, 2.45) is 0 Å². The highest BCUT2D eigenvalue weighted by molar-refractivity contribution is 7.92. The Morgan fingerprint density at radius 2 is 1.70 bits per heavy atom.